The van der Waals surface area contributed by atoms with Crippen LogP contribution < -0.4 is 5.73 Å². The molecule has 1 amide bonds. The predicted molar refractivity (Wildman–Crippen MR) is 52.2 cm³/mol. The largest absolute Gasteiger partial charge is 0.370 e. The van der Waals surface area contributed by atoms with Crippen LogP contribution in [-0.4, -0.2) is 11.7 Å². The number of hydrogen-bond donors (Lipinski definition) is 1. The van der Waals surface area contributed by atoms with Gasteiger partial charge in [-0.15, -0.1) is 0 Å². The van der Waals surface area contributed by atoms with Gasteiger partial charge in [-0.3, -0.25) is 9.59 Å². The van der Waals surface area contributed by atoms with E-state index in [0.717, 1.165) is 12.8 Å². The van der Waals surface area contributed by atoms with E-state index in [-0.39, 0.29) is 18.1 Å². The van der Waals surface area contributed by atoms with Crippen molar-refractivity contribution in [3.8, 4) is 0 Å². The zero-order valence-corrected chi connectivity index (χ0v) is 8.34. The molecule has 0 unspecified atom stereocenters. The van der Waals surface area contributed by atoms with Crippen molar-refractivity contribution in [3.05, 3.63) is 0 Å². The van der Waals surface area contributed by atoms with Gasteiger partial charge in [-0.25, -0.2) is 0 Å². The van der Waals surface area contributed by atoms with Crippen molar-refractivity contribution in [2.45, 2.75) is 51.9 Å². The molecule has 0 heterocycles. The summed E-state index contributed by atoms with van der Waals surface area (Å²) in [5.74, 6) is -0.225. The number of Topliss-reactive ketones (excluding diaryl/α,β-unsaturated/α-hetero) is 1. The molecule has 0 aliphatic heterocycles. The van der Waals surface area contributed by atoms with E-state index in [1.165, 1.54) is 12.8 Å². The van der Waals surface area contributed by atoms with Gasteiger partial charge in [-0.2, -0.15) is 0 Å². The lowest BCUT2D eigenvalue weighted by atomic mass is 10.1. The second-order valence-corrected chi connectivity index (χ2v) is 3.32. The molecule has 0 aromatic rings. The molecule has 3 nitrogen and oxygen atoms in total. The van der Waals surface area contributed by atoms with Crippen molar-refractivity contribution in [2.75, 3.05) is 0 Å². The molecule has 0 aliphatic rings. The molecular weight excluding hydrogens is 166 g/mol. The minimum atomic E-state index is -0.387. The molecule has 0 radical (unpaired) electrons. The van der Waals surface area contributed by atoms with Crippen molar-refractivity contribution < 1.29 is 9.59 Å². The number of nitrogens with two attached hydrogens (primary N) is 1. The maximum atomic E-state index is 11.1. The number of unbranched alkanes of at least 4 members (excludes halogenated alkanes) is 3. The number of amides is 1. The summed E-state index contributed by atoms with van der Waals surface area (Å²) in [5, 5.41) is 0. The third-order valence-corrected chi connectivity index (χ3v) is 1.96. The van der Waals surface area contributed by atoms with Crippen LogP contribution in [0.5, 0.6) is 0 Å². The molecule has 0 fully saturated rings. The van der Waals surface area contributed by atoms with E-state index in [1.807, 2.05) is 0 Å². The van der Waals surface area contributed by atoms with E-state index >= 15 is 0 Å². The van der Waals surface area contributed by atoms with Crippen molar-refractivity contribution in [1.82, 2.24) is 0 Å². The summed E-state index contributed by atoms with van der Waals surface area (Å²) in [7, 11) is 0. The van der Waals surface area contributed by atoms with E-state index < -0.39 is 0 Å². The van der Waals surface area contributed by atoms with Crippen LogP contribution >= 0.6 is 0 Å². The SMILES string of the molecule is CCCCCCC(=O)CCC(N)=O. The Morgan fingerprint density at radius 2 is 1.69 bits per heavy atom. The van der Waals surface area contributed by atoms with E-state index in [0.29, 0.717) is 12.8 Å². The minimum Gasteiger partial charge on any atom is -0.370 e. The average Bonchev–Trinajstić information content (AvgIpc) is 2.09. The second kappa shape index (κ2) is 7.77. The van der Waals surface area contributed by atoms with Crippen LogP contribution in [0.1, 0.15) is 51.9 Å². The van der Waals surface area contributed by atoms with Crippen LogP contribution in [-0.2, 0) is 9.59 Å². The summed E-state index contributed by atoms with van der Waals surface area (Å²) in [6.07, 6.45) is 5.55. The molecule has 0 saturated heterocycles. The molecule has 0 aromatic carbocycles. The van der Waals surface area contributed by atoms with Gasteiger partial charge >= 0.3 is 0 Å². The van der Waals surface area contributed by atoms with Crippen molar-refractivity contribution in [2.24, 2.45) is 5.73 Å². The maximum absolute atomic E-state index is 11.1. The van der Waals surface area contributed by atoms with E-state index in [9.17, 15) is 9.59 Å². The highest BCUT2D eigenvalue weighted by atomic mass is 16.1. The summed E-state index contributed by atoms with van der Waals surface area (Å²) in [4.78, 5) is 21.5. The Morgan fingerprint density at radius 3 is 2.23 bits per heavy atom. The van der Waals surface area contributed by atoms with Crippen molar-refractivity contribution in [1.29, 1.82) is 0 Å². The molecule has 0 saturated carbocycles. The third-order valence-electron chi connectivity index (χ3n) is 1.96. The maximum Gasteiger partial charge on any atom is 0.217 e. The fraction of sp³-hybridized carbons (Fsp3) is 0.800. The highest BCUT2D eigenvalue weighted by Crippen LogP contribution is 2.05. The van der Waals surface area contributed by atoms with Crippen molar-refractivity contribution in [3.63, 3.8) is 0 Å². The summed E-state index contributed by atoms with van der Waals surface area (Å²) in [6, 6.07) is 0. The van der Waals surface area contributed by atoms with Gasteiger partial charge in [-0.1, -0.05) is 26.2 Å². The summed E-state index contributed by atoms with van der Waals surface area (Å²) < 4.78 is 0. The highest BCUT2D eigenvalue weighted by Gasteiger charge is 2.03. The predicted octanol–water partition coefficient (Wildman–Crippen LogP) is 1.79. The number of rotatable bonds is 8. The Labute approximate surface area is 79.7 Å². The minimum absolute atomic E-state index is 0.162. The van der Waals surface area contributed by atoms with Gasteiger partial charge < -0.3 is 5.73 Å². The van der Waals surface area contributed by atoms with Gasteiger partial charge in [-0.05, 0) is 6.42 Å². The quantitative estimate of drug-likeness (QED) is 0.586. The Morgan fingerprint density at radius 1 is 1.00 bits per heavy atom. The van der Waals surface area contributed by atoms with E-state index in [4.69, 9.17) is 5.73 Å². The fourth-order valence-electron chi connectivity index (χ4n) is 1.14. The highest BCUT2D eigenvalue weighted by molar-refractivity contribution is 5.84. The molecule has 0 spiro atoms. The van der Waals surface area contributed by atoms with Crippen LogP contribution in [0.3, 0.4) is 0 Å². The first-order chi connectivity index (χ1) is 6.16. The fourth-order valence-corrected chi connectivity index (χ4v) is 1.14. The lowest BCUT2D eigenvalue weighted by Gasteiger charge is -1.98. The molecule has 76 valence electrons. The second-order valence-electron chi connectivity index (χ2n) is 3.32. The molecule has 0 bridgehead atoms. The standard InChI is InChI=1S/C10H19NO2/c1-2-3-4-5-6-9(12)7-8-10(11)13/h2-8H2,1H3,(H2,11,13). The lowest BCUT2D eigenvalue weighted by Crippen LogP contribution is -2.12. The first-order valence-electron chi connectivity index (χ1n) is 4.96. The van der Waals surface area contributed by atoms with Crippen molar-refractivity contribution >= 4 is 11.7 Å². The first kappa shape index (κ1) is 12.1. The zero-order valence-electron chi connectivity index (χ0n) is 8.34. The van der Waals surface area contributed by atoms with Crippen LogP contribution in [0, 0.1) is 0 Å². The number of hydrogen-bond acceptors (Lipinski definition) is 2. The zero-order chi connectivity index (χ0) is 10.1. The lowest BCUT2D eigenvalue weighted by molar-refractivity contribution is -0.123. The number of carbonyl (C=O) groups excluding carboxylic acids is 2. The number of ketones is 1. The monoisotopic (exact) mass is 185 g/mol. The van der Waals surface area contributed by atoms with Crippen LogP contribution in [0.4, 0.5) is 0 Å². The van der Waals surface area contributed by atoms with Gasteiger partial charge in [0.2, 0.25) is 5.91 Å². The Hall–Kier alpha value is -0.860. The van der Waals surface area contributed by atoms with Gasteiger partial charge in [0.25, 0.3) is 0 Å². The van der Waals surface area contributed by atoms with Gasteiger partial charge in [0.1, 0.15) is 5.78 Å². The van der Waals surface area contributed by atoms with Gasteiger partial charge in [0.15, 0.2) is 0 Å². The van der Waals surface area contributed by atoms with E-state index in [2.05, 4.69) is 6.92 Å². The molecule has 3 heteroatoms. The van der Waals surface area contributed by atoms with Crippen LogP contribution in [0.15, 0.2) is 0 Å². The molecule has 2 N–H and O–H groups in total. The normalized spacial score (nSPS) is 9.92. The molecule has 0 aliphatic carbocycles. The summed E-state index contributed by atoms with van der Waals surface area (Å²) >= 11 is 0. The summed E-state index contributed by atoms with van der Waals surface area (Å²) in [6.45, 7) is 2.13. The topological polar surface area (TPSA) is 60.2 Å². The third kappa shape index (κ3) is 9.05. The number of primary amides is 1. The van der Waals surface area contributed by atoms with Crippen LogP contribution in [0.25, 0.3) is 0 Å². The average molecular weight is 185 g/mol. The first-order valence-corrected chi connectivity index (χ1v) is 4.96. The number of carbonyl (C=O) groups is 2. The van der Waals surface area contributed by atoms with Gasteiger partial charge in [0, 0.05) is 19.3 Å². The van der Waals surface area contributed by atoms with Gasteiger partial charge in [0.05, 0.1) is 0 Å². The summed E-state index contributed by atoms with van der Waals surface area (Å²) in [5.41, 5.74) is 4.93. The molecule has 0 rings (SSSR count). The Bertz CT molecular complexity index is 166. The Balaban J connectivity index is 3.25. The molecule has 0 atom stereocenters. The Kier molecular flexibility index (Phi) is 7.26. The smallest absolute Gasteiger partial charge is 0.217 e. The van der Waals surface area contributed by atoms with Crippen LogP contribution in [0.2, 0.25) is 0 Å². The molecular formula is C10H19NO2. The van der Waals surface area contributed by atoms with E-state index in [1.54, 1.807) is 0 Å². The molecule has 13 heavy (non-hydrogen) atoms. The molecule has 0 aromatic heterocycles.